The molecule has 0 amide bonds. The number of carbonyl (C=O) groups excluding carboxylic acids is 1. The zero-order chi connectivity index (χ0) is 13.8. The number of hydrogen-bond acceptors (Lipinski definition) is 3. The lowest BCUT2D eigenvalue weighted by molar-refractivity contribution is 0.0866. The highest BCUT2D eigenvalue weighted by atomic mass is 16.5. The van der Waals surface area contributed by atoms with Crippen LogP contribution in [0.4, 0.5) is 5.69 Å². The van der Waals surface area contributed by atoms with Gasteiger partial charge in [0.25, 0.3) is 0 Å². The number of ketones is 1. The molecule has 1 saturated carbocycles. The molecule has 1 aliphatic rings. The fourth-order valence-corrected chi connectivity index (χ4v) is 2.88. The minimum Gasteiger partial charge on any atom is -0.489 e. The lowest BCUT2D eigenvalue weighted by Gasteiger charge is -2.31. The van der Waals surface area contributed by atoms with Crippen LogP contribution >= 0.6 is 0 Å². The van der Waals surface area contributed by atoms with E-state index in [9.17, 15) is 4.79 Å². The third kappa shape index (κ3) is 3.28. The normalized spacial score (nSPS) is 23.1. The second-order valence-electron chi connectivity index (χ2n) is 5.42. The summed E-state index contributed by atoms with van der Waals surface area (Å²) in [5, 5.41) is 0. The first-order valence-corrected chi connectivity index (χ1v) is 7.19. The number of anilines is 1. The molecular formula is C16H23NO2. The van der Waals surface area contributed by atoms with Crippen LogP contribution in [0, 0.1) is 5.92 Å². The summed E-state index contributed by atoms with van der Waals surface area (Å²) < 4.78 is 6.13. The van der Waals surface area contributed by atoms with Gasteiger partial charge in [-0.2, -0.15) is 0 Å². The molecule has 2 unspecified atom stereocenters. The zero-order valence-corrected chi connectivity index (χ0v) is 11.8. The molecule has 2 rings (SSSR count). The third-order valence-electron chi connectivity index (χ3n) is 4.02. The van der Waals surface area contributed by atoms with Crippen molar-refractivity contribution in [2.45, 2.75) is 52.1 Å². The van der Waals surface area contributed by atoms with E-state index in [1.807, 2.05) is 6.07 Å². The molecule has 3 heteroatoms. The summed E-state index contributed by atoms with van der Waals surface area (Å²) in [6.45, 7) is 3.76. The van der Waals surface area contributed by atoms with Crippen molar-refractivity contribution < 1.29 is 9.53 Å². The van der Waals surface area contributed by atoms with Gasteiger partial charge in [-0.25, -0.2) is 0 Å². The Hall–Kier alpha value is -1.51. The molecule has 1 aliphatic carbocycles. The van der Waals surface area contributed by atoms with Crippen molar-refractivity contribution in [2.24, 2.45) is 5.92 Å². The average Bonchev–Trinajstić information content (AvgIpc) is 2.41. The Labute approximate surface area is 115 Å². The molecule has 1 fully saturated rings. The maximum Gasteiger partial charge on any atom is 0.163 e. The number of ether oxygens (including phenoxy) is 1. The summed E-state index contributed by atoms with van der Waals surface area (Å²) >= 11 is 0. The number of Topliss-reactive ketones (excluding diaryl/α,β-unsaturated/α-hetero) is 1. The van der Waals surface area contributed by atoms with Crippen LogP contribution in [0.2, 0.25) is 0 Å². The largest absolute Gasteiger partial charge is 0.489 e. The number of carbonyl (C=O) groups is 1. The van der Waals surface area contributed by atoms with E-state index in [4.69, 9.17) is 10.5 Å². The van der Waals surface area contributed by atoms with Crippen LogP contribution in [0.25, 0.3) is 0 Å². The molecule has 19 heavy (non-hydrogen) atoms. The quantitative estimate of drug-likeness (QED) is 0.662. The summed E-state index contributed by atoms with van der Waals surface area (Å²) in [4.78, 5) is 11.7. The second-order valence-corrected chi connectivity index (χ2v) is 5.42. The molecule has 3 nitrogen and oxygen atoms in total. The monoisotopic (exact) mass is 261 g/mol. The summed E-state index contributed by atoms with van der Waals surface area (Å²) in [5.74, 6) is 1.30. The van der Waals surface area contributed by atoms with Crippen molar-refractivity contribution in [3.05, 3.63) is 23.8 Å². The van der Waals surface area contributed by atoms with Crippen LogP contribution in [0.3, 0.4) is 0 Å². The molecule has 0 radical (unpaired) electrons. The molecule has 0 aromatic heterocycles. The average molecular weight is 261 g/mol. The van der Waals surface area contributed by atoms with E-state index in [0.29, 0.717) is 22.9 Å². The van der Waals surface area contributed by atoms with E-state index < -0.39 is 0 Å². The standard InChI is InChI=1S/C16H23NO2/c1-3-12-6-4-5-7-15(12)19-16-9-8-13(17)10-14(16)11(2)18/h8-10,12,15H,3-7,17H2,1-2H3. The minimum atomic E-state index is 0.00570. The van der Waals surface area contributed by atoms with Crippen molar-refractivity contribution in [3.8, 4) is 5.75 Å². The SMILES string of the molecule is CCC1CCCCC1Oc1ccc(N)cc1C(C)=O. The summed E-state index contributed by atoms with van der Waals surface area (Å²) in [5.41, 5.74) is 6.95. The zero-order valence-electron chi connectivity index (χ0n) is 11.8. The first-order valence-electron chi connectivity index (χ1n) is 7.19. The Bertz CT molecular complexity index is 456. The molecule has 0 spiro atoms. The highest BCUT2D eigenvalue weighted by Gasteiger charge is 2.26. The summed E-state index contributed by atoms with van der Waals surface area (Å²) in [7, 11) is 0. The molecule has 0 aliphatic heterocycles. The molecule has 104 valence electrons. The lowest BCUT2D eigenvalue weighted by Crippen LogP contribution is -2.30. The first kappa shape index (κ1) is 13.9. The molecule has 2 atom stereocenters. The predicted octanol–water partition coefficient (Wildman–Crippen LogP) is 3.82. The van der Waals surface area contributed by atoms with E-state index in [1.165, 1.54) is 19.3 Å². The van der Waals surface area contributed by atoms with Crippen LogP contribution in [-0.2, 0) is 0 Å². The Balaban J connectivity index is 2.20. The van der Waals surface area contributed by atoms with Crippen molar-refractivity contribution in [2.75, 3.05) is 5.73 Å². The highest BCUT2D eigenvalue weighted by molar-refractivity contribution is 5.97. The molecule has 0 bridgehead atoms. The van der Waals surface area contributed by atoms with E-state index in [0.717, 1.165) is 12.8 Å². The van der Waals surface area contributed by atoms with Gasteiger partial charge in [0.2, 0.25) is 0 Å². The van der Waals surface area contributed by atoms with Crippen molar-refractivity contribution in [1.29, 1.82) is 0 Å². The van der Waals surface area contributed by atoms with Gasteiger partial charge in [0, 0.05) is 5.69 Å². The lowest BCUT2D eigenvalue weighted by atomic mass is 9.84. The Morgan fingerprint density at radius 3 is 2.79 bits per heavy atom. The van der Waals surface area contributed by atoms with Gasteiger partial charge in [-0.1, -0.05) is 13.3 Å². The summed E-state index contributed by atoms with van der Waals surface area (Å²) in [6, 6.07) is 5.33. The van der Waals surface area contributed by atoms with Gasteiger partial charge < -0.3 is 10.5 Å². The van der Waals surface area contributed by atoms with Crippen LogP contribution in [0.5, 0.6) is 5.75 Å². The van der Waals surface area contributed by atoms with E-state index in [1.54, 1.807) is 19.1 Å². The van der Waals surface area contributed by atoms with E-state index in [-0.39, 0.29) is 11.9 Å². The number of rotatable bonds is 4. The van der Waals surface area contributed by atoms with Gasteiger partial charge in [-0.15, -0.1) is 0 Å². The van der Waals surface area contributed by atoms with Crippen molar-refractivity contribution >= 4 is 11.5 Å². The first-order chi connectivity index (χ1) is 9.11. The van der Waals surface area contributed by atoms with Crippen LogP contribution < -0.4 is 10.5 Å². The molecule has 1 aromatic rings. The van der Waals surface area contributed by atoms with Crippen LogP contribution in [0.15, 0.2) is 18.2 Å². The fraction of sp³-hybridized carbons (Fsp3) is 0.562. The van der Waals surface area contributed by atoms with Crippen LogP contribution in [-0.4, -0.2) is 11.9 Å². The van der Waals surface area contributed by atoms with E-state index in [2.05, 4.69) is 6.92 Å². The van der Waals surface area contributed by atoms with Gasteiger partial charge in [-0.3, -0.25) is 4.79 Å². The molecule has 0 saturated heterocycles. The maximum absolute atomic E-state index is 11.7. The molecule has 1 aromatic carbocycles. The Kier molecular flexibility index (Phi) is 4.46. The van der Waals surface area contributed by atoms with E-state index >= 15 is 0 Å². The number of hydrogen-bond donors (Lipinski definition) is 1. The molecule has 2 N–H and O–H groups in total. The third-order valence-corrected chi connectivity index (χ3v) is 4.02. The Morgan fingerprint density at radius 1 is 1.37 bits per heavy atom. The minimum absolute atomic E-state index is 0.00570. The van der Waals surface area contributed by atoms with Gasteiger partial charge in [-0.05, 0) is 56.7 Å². The van der Waals surface area contributed by atoms with Crippen molar-refractivity contribution in [3.63, 3.8) is 0 Å². The van der Waals surface area contributed by atoms with Gasteiger partial charge in [0.05, 0.1) is 5.56 Å². The predicted molar refractivity (Wildman–Crippen MR) is 77.5 cm³/mol. The number of nitrogen functional groups attached to an aromatic ring is 1. The Morgan fingerprint density at radius 2 is 2.11 bits per heavy atom. The maximum atomic E-state index is 11.7. The van der Waals surface area contributed by atoms with Gasteiger partial charge in [0.15, 0.2) is 5.78 Å². The number of benzene rings is 1. The summed E-state index contributed by atoms with van der Waals surface area (Å²) in [6.07, 6.45) is 6.19. The smallest absolute Gasteiger partial charge is 0.163 e. The fourth-order valence-electron chi connectivity index (χ4n) is 2.88. The topological polar surface area (TPSA) is 52.3 Å². The van der Waals surface area contributed by atoms with Gasteiger partial charge in [0.1, 0.15) is 11.9 Å². The van der Waals surface area contributed by atoms with Gasteiger partial charge >= 0.3 is 0 Å². The number of nitrogens with two attached hydrogens (primary N) is 1. The molecule has 0 heterocycles. The van der Waals surface area contributed by atoms with Crippen LogP contribution in [0.1, 0.15) is 56.3 Å². The second kappa shape index (κ2) is 6.09. The highest BCUT2D eigenvalue weighted by Crippen LogP contribution is 2.32. The molecular weight excluding hydrogens is 238 g/mol. The van der Waals surface area contributed by atoms with Crippen molar-refractivity contribution in [1.82, 2.24) is 0 Å².